The summed E-state index contributed by atoms with van der Waals surface area (Å²) in [5.74, 6) is 0.546. The van der Waals surface area contributed by atoms with Gasteiger partial charge in [-0.05, 0) is 29.3 Å². The summed E-state index contributed by atoms with van der Waals surface area (Å²) in [6.45, 7) is 6.15. The maximum Gasteiger partial charge on any atom is 0.259 e. The van der Waals surface area contributed by atoms with Crippen LogP contribution >= 0.6 is 15.9 Å². The number of fused-ring (bicyclic) bond motifs is 1. The van der Waals surface area contributed by atoms with Crippen molar-refractivity contribution in [3.63, 3.8) is 0 Å². The minimum absolute atomic E-state index is 0.546. The van der Waals surface area contributed by atoms with E-state index in [0.29, 0.717) is 12.5 Å². The van der Waals surface area contributed by atoms with Gasteiger partial charge in [0.15, 0.2) is 0 Å². The van der Waals surface area contributed by atoms with Crippen LogP contribution in [0, 0.1) is 6.92 Å². The molecule has 4 nitrogen and oxygen atoms in total. The van der Waals surface area contributed by atoms with Crippen molar-refractivity contribution in [3.8, 4) is 5.88 Å². The van der Waals surface area contributed by atoms with Gasteiger partial charge in [-0.15, -0.1) is 6.58 Å². The molecule has 0 aliphatic rings. The van der Waals surface area contributed by atoms with Gasteiger partial charge in [0.05, 0.1) is 12.3 Å². The normalized spacial score (nSPS) is 10.6. The fraction of sp³-hybridized carbons (Fsp3) is 0.273. The van der Waals surface area contributed by atoms with Crippen LogP contribution in [0.1, 0.15) is 12.1 Å². The number of ether oxygens (including phenoxy) is 1. The Morgan fingerprint density at radius 1 is 1.50 bits per heavy atom. The lowest BCUT2D eigenvalue weighted by molar-refractivity contribution is 0.314. The molecule has 0 saturated heterocycles. The van der Waals surface area contributed by atoms with Crippen molar-refractivity contribution in [2.24, 2.45) is 0 Å². The topological polar surface area (TPSA) is 39.4 Å². The van der Waals surface area contributed by atoms with Gasteiger partial charge in [-0.2, -0.15) is 0 Å². The lowest BCUT2D eigenvalue weighted by Crippen LogP contribution is -2.01. The highest BCUT2D eigenvalue weighted by atomic mass is 79.9. The first-order valence-corrected chi connectivity index (χ1v) is 5.75. The second-order valence-corrected chi connectivity index (χ2v) is 4.22. The predicted molar refractivity (Wildman–Crippen MR) is 65.7 cm³/mol. The van der Waals surface area contributed by atoms with Crippen LogP contribution in [-0.2, 0) is 0 Å². The summed E-state index contributed by atoms with van der Waals surface area (Å²) in [6.07, 6.45) is 6.39. The molecule has 5 heteroatoms. The van der Waals surface area contributed by atoms with E-state index in [-0.39, 0.29) is 0 Å². The summed E-state index contributed by atoms with van der Waals surface area (Å²) in [6, 6.07) is 0. The molecule has 0 unspecified atom stereocenters. The summed E-state index contributed by atoms with van der Waals surface area (Å²) in [5.41, 5.74) is 1.68. The first-order chi connectivity index (χ1) is 7.70. The molecule has 0 saturated carbocycles. The average Bonchev–Trinajstić information content (AvgIpc) is 2.58. The van der Waals surface area contributed by atoms with Crippen molar-refractivity contribution in [1.82, 2.24) is 14.4 Å². The fourth-order valence-electron chi connectivity index (χ4n) is 1.40. The summed E-state index contributed by atoms with van der Waals surface area (Å²) in [7, 11) is 0. The summed E-state index contributed by atoms with van der Waals surface area (Å²) in [5, 5.41) is 0. The van der Waals surface area contributed by atoms with E-state index >= 15 is 0 Å². The molecule has 2 heterocycles. The number of aryl methyl sites for hydroxylation is 1. The van der Waals surface area contributed by atoms with Crippen molar-refractivity contribution in [1.29, 1.82) is 0 Å². The van der Waals surface area contributed by atoms with Gasteiger partial charge in [0.1, 0.15) is 4.60 Å². The quantitative estimate of drug-likeness (QED) is 0.639. The Morgan fingerprint density at radius 2 is 2.31 bits per heavy atom. The molecule has 0 N–H and O–H groups in total. The molecule has 2 aromatic heterocycles. The van der Waals surface area contributed by atoms with E-state index in [2.05, 4.69) is 32.5 Å². The third-order valence-corrected chi connectivity index (χ3v) is 2.44. The van der Waals surface area contributed by atoms with E-state index in [0.717, 1.165) is 22.4 Å². The van der Waals surface area contributed by atoms with E-state index in [1.54, 1.807) is 0 Å². The molecule has 0 radical (unpaired) electrons. The first kappa shape index (κ1) is 11.1. The van der Waals surface area contributed by atoms with Crippen molar-refractivity contribution < 1.29 is 4.74 Å². The van der Waals surface area contributed by atoms with Gasteiger partial charge in [0, 0.05) is 12.4 Å². The summed E-state index contributed by atoms with van der Waals surface area (Å²) in [4.78, 5) is 8.63. The van der Waals surface area contributed by atoms with Crippen molar-refractivity contribution in [2.75, 3.05) is 6.61 Å². The standard InChI is InChI=1S/C11H12BrN3O/c1-3-4-5-16-11-10-13-8(2)6-15(10)7-9(12)14-11/h3,6-7H,1,4-5H2,2H3. The molecule has 0 amide bonds. The van der Waals surface area contributed by atoms with Crippen LogP contribution in [0.4, 0.5) is 0 Å². The van der Waals surface area contributed by atoms with Gasteiger partial charge in [0.25, 0.3) is 5.88 Å². The van der Waals surface area contributed by atoms with Crippen LogP contribution in [0.15, 0.2) is 29.7 Å². The Balaban J connectivity index is 2.37. The monoisotopic (exact) mass is 281 g/mol. The lowest BCUT2D eigenvalue weighted by atomic mass is 10.4. The number of nitrogens with zero attached hydrogens (tertiary/aromatic N) is 3. The van der Waals surface area contributed by atoms with E-state index in [1.807, 2.05) is 29.8 Å². The van der Waals surface area contributed by atoms with Crippen LogP contribution in [0.3, 0.4) is 0 Å². The zero-order valence-corrected chi connectivity index (χ0v) is 10.6. The number of hydrogen-bond acceptors (Lipinski definition) is 3. The number of halogens is 1. The summed E-state index contributed by atoms with van der Waals surface area (Å²) < 4.78 is 8.18. The Morgan fingerprint density at radius 3 is 3.06 bits per heavy atom. The van der Waals surface area contributed by atoms with Gasteiger partial charge in [0.2, 0.25) is 5.65 Å². The van der Waals surface area contributed by atoms with Crippen LogP contribution in [-0.4, -0.2) is 21.0 Å². The number of rotatable bonds is 4. The number of hydrogen-bond donors (Lipinski definition) is 0. The molecular formula is C11H12BrN3O. The Labute approximate surface area is 102 Å². The number of imidazole rings is 1. The fourth-order valence-corrected chi connectivity index (χ4v) is 1.78. The predicted octanol–water partition coefficient (Wildman–Crippen LogP) is 2.76. The molecule has 16 heavy (non-hydrogen) atoms. The summed E-state index contributed by atoms with van der Waals surface area (Å²) >= 11 is 3.34. The van der Waals surface area contributed by atoms with Crippen LogP contribution in [0.2, 0.25) is 0 Å². The van der Waals surface area contributed by atoms with Crippen LogP contribution < -0.4 is 4.74 Å². The van der Waals surface area contributed by atoms with Gasteiger partial charge in [-0.25, -0.2) is 9.97 Å². The molecule has 2 rings (SSSR count). The van der Waals surface area contributed by atoms with Crippen LogP contribution in [0.5, 0.6) is 5.88 Å². The maximum atomic E-state index is 5.56. The van der Waals surface area contributed by atoms with Gasteiger partial charge in [-0.1, -0.05) is 6.08 Å². The molecule has 0 atom stereocenters. The first-order valence-electron chi connectivity index (χ1n) is 4.96. The smallest absolute Gasteiger partial charge is 0.259 e. The minimum atomic E-state index is 0.546. The molecule has 0 aliphatic heterocycles. The highest BCUT2D eigenvalue weighted by molar-refractivity contribution is 9.10. The second-order valence-electron chi connectivity index (χ2n) is 3.41. The largest absolute Gasteiger partial charge is 0.475 e. The van der Waals surface area contributed by atoms with Crippen molar-refractivity contribution in [3.05, 3.63) is 35.3 Å². The Bertz CT molecular complexity index is 521. The van der Waals surface area contributed by atoms with Crippen molar-refractivity contribution >= 4 is 21.6 Å². The third-order valence-electron chi connectivity index (χ3n) is 2.06. The highest BCUT2D eigenvalue weighted by Gasteiger charge is 2.08. The average molecular weight is 282 g/mol. The van der Waals surface area contributed by atoms with Crippen molar-refractivity contribution in [2.45, 2.75) is 13.3 Å². The lowest BCUT2D eigenvalue weighted by Gasteiger charge is -2.05. The van der Waals surface area contributed by atoms with Gasteiger partial charge < -0.3 is 4.74 Å². The second kappa shape index (κ2) is 4.65. The third kappa shape index (κ3) is 2.24. The molecule has 0 bridgehead atoms. The Kier molecular flexibility index (Phi) is 3.24. The van der Waals surface area contributed by atoms with E-state index in [4.69, 9.17) is 4.74 Å². The number of aromatic nitrogens is 3. The van der Waals surface area contributed by atoms with Gasteiger partial charge >= 0.3 is 0 Å². The SMILES string of the molecule is C=CCCOc1nc(Br)cn2cc(C)nc12. The van der Waals surface area contributed by atoms with Crippen LogP contribution in [0.25, 0.3) is 5.65 Å². The Hall–Kier alpha value is -1.36. The molecule has 0 aliphatic carbocycles. The highest BCUT2D eigenvalue weighted by Crippen LogP contribution is 2.20. The van der Waals surface area contributed by atoms with Gasteiger partial charge in [-0.3, -0.25) is 4.40 Å². The molecule has 2 aromatic rings. The molecular weight excluding hydrogens is 270 g/mol. The zero-order chi connectivity index (χ0) is 11.5. The molecule has 0 fully saturated rings. The van der Waals surface area contributed by atoms with E-state index in [9.17, 15) is 0 Å². The maximum absolute atomic E-state index is 5.56. The van der Waals surface area contributed by atoms with E-state index < -0.39 is 0 Å². The molecule has 0 aromatic carbocycles. The van der Waals surface area contributed by atoms with E-state index in [1.165, 1.54) is 0 Å². The zero-order valence-electron chi connectivity index (χ0n) is 8.98. The minimum Gasteiger partial charge on any atom is -0.475 e. The molecule has 0 spiro atoms. The molecule has 84 valence electrons.